The molecule has 0 radical (unpaired) electrons. The van der Waals surface area contributed by atoms with Crippen LogP contribution in [0.1, 0.15) is 36.5 Å². The van der Waals surface area contributed by atoms with Crippen molar-refractivity contribution in [2.45, 2.75) is 26.2 Å². The maximum absolute atomic E-state index is 5.85. The molecule has 2 N–H and O–H groups in total. The van der Waals surface area contributed by atoms with Gasteiger partial charge in [-0.25, -0.2) is 4.98 Å². The topological polar surface area (TPSA) is 58.3 Å². The van der Waals surface area contributed by atoms with Crippen LogP contribution in [0.25, 0.3) is 0 Å². The Morgan fingerprint density at radius 2 is 1.75 bits per heavy atom. The minimum atomic E-state index is 0.350. The Labute approximate surface area is 144 Å². The Kier molecular flexibility index (Phi) is 5.00. The van der Waals surface area contributed by atoms with Gasteiger partial charge in [-0.05, 0) is 24.1 Å². The summed E-state index contributed by atoms with van der Waals surface area (Å²) in [5.41, 5.74) is 9.64. The molecule has 0 spiro atoms. The smallest absolute Gasteiger partial charge is 0.221 e. The maximum atomic E-state index is 5.85. The summed E-state index contributed by atoms with van der Waals surface area (Å²) in [4.78, 5) is 13.4. The van der Waals surface area contributed by atoms with Crippen LogP contribution in [0.5, 0.6) is 0 Å². The average Bonchev–Trinajstić information content (AvgIpc) is 2.58. The highest BCUT2D eigenvalue weighted by molar-refractivity contribution is 5.51. The van der Waals surface area contributed by atoms with Gasteiger partial charge in [-0.15, -0.1) is 0 Å². The molecule has 5 nitrogen and oxygen atoms in total. The third-order valence-corrected chi connectivity index (χ3v) is 4.70. The molecule has 1 fully saturated rings. The van der Waals surface area contributed by atoms with Crippen molar-refractivity contribution >= 4 is 11.8 Å². The van der Waals surface area contributed by atoms with Gasteiger partial charge in [0.05, 0.1) is 0 Å². The van der Waals surface area contributed by atoms with Crippen LogP contribution in [-0.4, -0.2) is 48.1 Å². The summed E-state index contributed by atoms with van der Waals surface area (Å²) in [7, 11) is 2.16. The van der Waals surface area contributed by atoms with E-state index >= 15 is 0 Å². The number of likely N-dealkylation sites (N-methyl/N-ethyl adjacent to an activating group) is 1. The molecule has 0 bridgehead atoms. The number of anilines is 2. The van der Waals surface area contributed by atoms with Crippen molar-refractivity contribution in [2.24, 2.45) is 0 Å². The zero-order chi connectivity index (χ0) is 17.1. The van der Waals surface area contributed by atoms with Crippen molar-refractivity contribution < 1.29 is 0 Å². The lowest BCUT2D eigenvalue weighted by atomic mass is 9.99. The number of hydrogen-bond donors (Lipinski definition) is 1. The van der Waals surface area contributed by atoms with Gasteiger partial charge in [0.15, 0.2) is 0 Å². The number of nitrogens with two attached hydrogens (primary N) is 1. The van der Waals surface area contributed by atoms with Crippen molar-refractivity contribution in [2.75, 3.05) is 43.9 Å². The lowest BCUT2D eigenvalue weighted by Crippen LogP contribution is -2.45. The normalized spacial score (nSPS) is 15.9. The van der Waals surface area contributed by atoms with Crippen LogP contribution in [0.4, 0.5) is 11.8 Å². The van der Waals surface area contributed by atoms with Crippen LogP contribution in [-0.2, 0) is 6.42 Å². The molecule has 0 amide bonds. The molecule has 1 saturated heterocycles. The zero-order valence-corrected chi connectivity index (χ0v) is 14.9. The lowest BCUT2D eigenvalue weighted by Gasteiger charge is -2.34. The second-order valence-electron chi connectivity index (χ2n) is 6.94. The van der Waals surface area contributed by atoms with E-state index in [9.17, 15) is 0 Å². The van der Waals surface area contributed by atoms with E-state index in [2.05, 4.69) is 64.9 Å². The van der Waals surface area contributed by atoms with E-state index in [4.69, 9.17) is 5.73 Å². The van der Waals surface area contributed by atoms with Crippen molar-refractivity contribution in [3.63, 3.8) is 0 Å². The van der Waals surface area contributed by atoms with Gasteiger partial charge in [-0.2, -0.15) is 4.98 Å². The van der Waals surface area contributed by atoms with Crippen LogP contribution in [0.3, 0.4) is 0 Å². The summed E-state index contributed by atoms with van der Waals surface area (Å²) < 4.78 is 0. The van der Waals surface area contributed by atoms with E-state index in [1.807, 2.05) is 6.20 Å². The van der Waals surface area contributed by atoms with Gasteiger partial charge in [-0.3, -0.25) is 0 Å². The second kappa shape index (κ2) is 7.18. The molecular weight excluding hydrogens is 298 g/mol. The minimum absolute atomic E-state index is 0.350. The summed E-state index contributed by atoms with van der Waals surface area (Å²) in [5.74, 6) is 1.89. The summed E-state index contributed by atoms with van der Waals surface area (Å²) in [6.45, 7) is 8.49. The summed E-state index contributed by atoms with van der Waals surface area (Å²) >= 11 is 0. The molecule has 1 aromatic heterocycles. The SMILES string of the molecule is CC(C)c1ccc(Cc2cnc(N)nc2N2CCN(C)CC2)cc1. The molecule has 3 rings (SSSR count). The van der Waals surface area contributed by atoms with Gasteiger partial charge in [0, 0.05) is 44.4 Å². The molecule has 1 aromatic carbocycles. The number of hydrogen-bond acceptors (Lipinski definition) is 5. The summed E-state index contributed by atoms with van der Waals surface area (Å²) in [6.07, 6.45) is 2.71. The molecule has 128 valence electrons. The van der Waals surface area contributed by atoms with Gasteiger partial charge in [0.2, 0.25) is 5.95 Å². The molecular formula is C19H27N5. The molecule has 24 heavy (non-hydrogen) atoms. The highest BCUT2D eigenvalue weighted by Gasteiger charge is 2.19. The predicted molar refractivity (Wildman–Crippen MR) is 99.5 cm³/mol. The maximum Gasteiger partial charge on any atom is 0.221 e. The highest BCUT2D eigenvalue weighted by atomic mass is 15.3. The van der Waals surface area contributed by atoms with E-state index in [0.717, 1.165) is 44.0 Å². The number of benzene rings is 1. The predicted octanol–water partition coefficient (Wildman–Crippen LogP) is 2.52. The van der Waals surface area contributed by atoms with Crippen molar-refractivity contribution in [1.29, 1.82) is 0 Å². The van der Waals surface area contributed by atoms with Gasteiger partial charge in [0.25, 0.3) is 0 Å². The van der Waals surface area contributed by atoms with Crippen LogP contribution in [0.2, 0.25) is 0 Å². The van der Waals surface area contributed by atoms with Crippen LogP contribution in [0.15, 0.2) is 30.5 Å². The first-order valence-corrected chi connectivity index (χ1v) is 8.66. The second-order valence-corrected chi connectivity index (χ2v) is 6.94. The average molecular weight is 325 g/mol. The first kappa shape index (κ1) is 16.7. The Balaban J connectivity index is 1.82. The van der Waals surface area contributed by atoms with Crippen LogP contribution >= 0.6 is 0 Å². The standard InChI is InChI=1S/C19H27N5/c1-14(2)16-6-4-15(5-7-16)12-17-13-21-19(20)22-18(17)24-10-8-23(3)9-11-24/h4-7,13-14H,8-12H2,1-3H3,(H2,20,21,22). The largest absolute Gasteiger partial charge is 0.368 e. The third-order valence-electron chi connectivity index (χ3n) is 4.70. The summed E-state index contributed by atoms with van der Waals surface area (Å²) in [5, 5.41) is 0. The number of nitrogens with zero attached hydrogens (tertiary/aromatic N) is 4. The van der Waals surface area contributed by atoms with E-state index in [1.54, 1.807) is 0 Å². The molecule has 0 saturated carbocycles. The minimum Gasteiger partial charge on any atom is -0.368 e. The zero-order valence-electron chi connectivity index (χ0n) is 14.9. The molecule has 0 aliphatic carbocycles. The fourth-order valence-electron chi connectivity index (χ4n) is 3.07. The molecule has 2 heterocycles. The van der Waals surface area contributed by atoms with Gasteiger partial charge < -0.3 is 15.5 Å². The van der Waals surface area contributed by atoms with E-state index in [0.29, 0.717) is 11.9 Å². The van der Waals surface area contributed by atoms with Crippen LogP contribution in [0, 0.1) is 0 Å². The quantitative estimate of drug-likeness (QED) is 0.936. The molecule has 1 aliphatic heterocycles. The fourth-order valence-corrected chi connectivity index (χ4v) is 3.07. The Morgan fingerprint density at radius 3 is 2.38 bits per heavy atom. The third kappa shape index (κ3) is 3.85. The van der Waals surface area contributed by atoms with E-state index in [-0.39, 0.29) is 0 Å². The first-order valence-electron chi connectivity index (χ1n) is 8.66. The molecule has 0 unspecified atom stereocenters. The highest BCUT2D eigenvalue weighted by Crippen LogP contribution is 2.23. The van der Waals surface area contributed by atoms with Crippen molar-refractivity contribution in [1.82, 2.24) is 14.9 Å². The Morgan fingerprint density at radius 1 is 1.08 bits per heavy atom. The first-order chi connectivity index (χ1) is 11.5. The Hall–Kier alpha value is -2.14. The number of piperazine rings is 1. The molecule has 0 atom stereocenters. The van der Waals surface area contributed by atoms with Crippen molar-refractivity contribution in [3.8, 4) is 0 Å². The molecule has 1 aliphatic rings. The molecule has 5 heteroatoms. The monoisotopic (exact) mass is 325 g/mol. The Bertz CT molecular complexity index is 673. The van der Waals surface area contributed by atoms with Gasteiger partial charge in [0.1, 0.15) is 5.82 Å². The van der Waals surface area contributed by atoms with Crippen molar-refractivity contribution in [3.05, 3.63) is 47.2 Å². The van der Waals surface area contributed by atoms with E-state index < -0.39 is 0 Å². The summed E-state index contributed by atoms with van der Waals surface area (Å²) in [6, 6.07) is 8.85. The van der Waals surface area contributed by atoms with E-state index in [1.165, 1.54) is 11.1 Å². The number of nitrogen functional groups attached to an aromatic ring is 1. The number of aromatic nitrogens is 2. The fraction of sp³-hybridized carbons (Fsp3) is 0.474. The van der Waals surface area contributed by atoms with Gasteiger partial charge in [-0.1, -0.05) is 38.1 Å². The molecule has 2 aromatic rings. The number of rotatable bonds is 4. The lowest BCUT2D eigenvalue weighted by molar-refractivity contribution is 0.312. The van der Waals surface area contributed by atoms with Crippen LogP contribution < -0.4 is 10.6 Å². The van der Waals surface area contributed by atoms with Gasteiger partial charge >= 0.3 is 0 Å².